The molecule has 0 aliphatic carbocycles. The molecular weight excluding hydrogens is 234 g/mol. The van der Waals surface area contributed by atoms with Gasteiger partial charge in [-0.15, -0.1) is 5.10 Å². The Hall–Kier alpha value is -0.530. The quantitative estimate of drug-likeness (QED) is 0.823. The highest BCUT2D eigenvalue weighted by atomic mass is 32.2. The average Bonchev–Trinajstić information content (AvgIpc) is 2.77. The average molecular weight is 247 g/mol. The van der Waals surface area contributed by atoms with Crippen LogP contribution >= 0.6 is 11.5 Å². The molecule has 0 spiro atoms. The van der Waals surface area contributed by atoms with Crippen molar-refractivity contribution in [2.24, 2.45) is 0 Å². The van der Waals surface area contributed by atoms with Crippen molar-refractivity contribution in [3.63, 3.8) is 0 Å². The predicted molar refractivity (Wildman–Crippen MR) is 58.4 cm³/mol. The smallest absolute Gasteiger partial charge is 0.154 e. The minimum absolute atomic E-state index is 0.205. The molecule has 1 unspecified atom stereocenters. The first-order valence-electron chi connectivity index (χ1n) is 4.87. The topological polar surface area (TPSA) is 72.0 Å². The van der Waals surface area contributed by atoms with E-state index in [2.05, 4.69) is 14.9 Å². The van der Waals surface area contributed by atoms with Gasteiger partial charge >= 0.3 is 0 Å². The summed E-state index contributed by atoms with van der Waals surface area (Å²) in [6, 6.07) is 0. The molecule has 0 radical (unpaired) electrons. The Morgan fingerprint density at radius 1 is 1.60 bits per heavy atom. The molecule has 0 amide bonds. The molecular formula is C8H13N3O2S2. The van der Waals surface area contributed by atoms with Crippen LogP contribution in [0.2, 0.25) is 0 Å². The fourth-order valence-corrected chi connectivity index (χ4v) is 3.96. The summed E-state index contributed by atoms with van der Waals surface area (Å²) in [4.78, 5) is 0. The zero-order chi connectivity index (χ0) is 10.7. The summed E-state index contributed by atoms with van der Waals surface area (Å²) in [5.41, 5.74) is 0.871. The molecule has 1 aromatic rings. The van der Waals surface area contributed by atoms with Crippen molar-refractivity contribution in [3.05, 3.63) is 11.1 Å². The zero-order valence-electron chi connectivity index (χ0n) is 8.22. The number of hydrogen-bond donors (Lipinski definition) is 1. The minimum atomic E-state index is -2.82. The van der Waals surface area contributed by atoms with Crippen LogP contribution < -0.4 is 5.32 Å². The van der Waals surface area contributed by atoms with Gasteiger partial charge in [-0.3, -0.25) is 0 Å². The summed E-state index contributed by atoms with van der Waals surface area (Å²) in [7, 11) is -2.82. The van der Waals surface area contributed by atoms with Gasteiger partial charge in [-0.2, -0.15) is 0 Å². The summed E-state index contributed by atoms with van der Waals surface area (Å²) < 4.78 is 26.7. The lowest BCUT2D eigenvalue weighted by Crippen LogP contribution is -2.30. The highest BCUT2D eigenvalue weighted by molar-refractivity contribution is 7.92. The molecule has 5 nitrogen and oxygen atoms in total. The molecule has 2 heterocycles. The van der Waals surface area contributed by atoms with Crippen LogP contribution in [0.15, 0.2) is 5.38 Å². The van der Waals surface area contributed by atoms with E-state index in [9.17, 15) is 8.42 Å². The lowest BCUT2D eigenvalue weighted by atomic mass is 10.2. The number of aromatic nitrogens is 2. The standard InChI is InChI=1S/C8H13N3O2S2/c12-15(13)3-1-2-8(15)5-9-4-7-6-14-11-10-7/h6,8-9H,1-5H2. The van der Waals surface area contributed by atoms with Crippen LogP contribution in [-0.4, -0.2) is 35.6 Å². The van der Waals surface area contributed by atoms with E-state index in [4.69, 9.17) is 0 Å². The molecule has 1 fully saturated rings. The molecule has 0 bridgehead atoms. The number of nitrogens with one attached hydrogen (secondary N) is 1. The van der Waals surface area contributed by atoms with E-state index in [-0.39, 0.29) is 5.25 Å². The normalized spacial score (nSPS) is 24.4. The van der Waals surface area contributed by atoms with Crippen LogP contribution in [-0.2, 0) is 16.4 Å². The zero-order valence-corrected chi connectivity index (χ0v) is 9.85. The van der Waals surface area contributed by atoms with Crippen molar-refractivity contribution < 1.29 is 8.42 Å². The summed E-state index contributed by atoms with van der Waals surface area (Å²) in [6.07, 6.45) is 1.58. The number of rotatable bonds is 4. The summed E-state index contributed by atoms with van der Waals surface area (Å²) in [6.45, 7) is 1.13. The maximum absolute atomic E-state index is 11.5. The van der Waals surface area contributed by atoms with E-state index in [1.165, 1.54) is 11.5 Å². The van der Waals surface area contributed by atoms with Crippen molar-refractivity contribution in [1.82, 2.24) is 14.9 Å². The van der Waals surface area contributed by atoms with Crippen LogP contribution in [0, 0.1) is 0 Å². The predicted octanol–water partition coefficient (Wildman–Crippen LogP) is 0.205. The molecule has 1 aromatic heterocycles. The number of hydrogen-bond acceptors (Lipinski definition) is 6. The van der Waals surface area contributed by atoms with Gasteiger partial charge in [0.05, 0.1) is 16.7 Å². The van der Waals surface area contributed by atoms with Crippen LogP contribution in [0.5, 0.6) is 0 Å². The van der Waals surface area contributed by atoms with Crippen molar-refractivity contribution in [2.75, 3.05) is 12.3 Å². The summed E-state index contributed by atoms with van der Waals surface area (Å²) >= 11 is 1.30. The van der Waals surface area contributed by atoms with E-state index < -0.39 is 9.84 Å². The molecule has 1 N–H and O–H groups in total. The number of nitrogens with zero attached hydrogens (tertiary/aromatic N) is 2. The maximum Gasteiger partial charge on any atom is 0.154 e. The summed E-state index contributed by atoms with van der Waals surface area (Å²) in [5.74, 6) is 0.345. The monoisotopic (exact) mass is 247 g/mol. The SMILES string of the molecule is O=S1(=O)CCCC1CNCc1csnn1. The lowest BCUT2D eigenvalue weighted by molar-refractivity contribution is 0.572. The van der Waals surface area contributed by atoms with Gasteiger partial charge in [-0.25, -0.2) is 8.42 Å². The van der Waals surface area contributed by atoms with Crippen molar-refractivity contribution in [1.29, 1.82) is 0 Å². The molecule has 1 atom stereocenters. The highest BCUT2D eigenvalue weighted by Gasteiger charge is 2.30. The molecule has 1 aliphatic rings. The molecule has 1 aliphatic heterocycles. The Bertz CT molecular complexity index is 402. The largest absolute Gasteiger partial charge is 0.310 e. The first-order chi connectivity index (χ1) is 7.18. The van der Waals surface area contributed by atoms with Gasteiger partial charge in [0.15, 0.2) is 9.84 Å². The molecule has 1 saturated heterocycles. The fraction of sp³-hybridized carbons (Fsp3) is 0.750. The van der Waals surface area contributed by atoms with Crippen LogP contribution in [0.25, 0.3) is 0 Å². The maximum atomic E-state index is 11.5. The van der Waals surface area contributed by atoms with Gasteiger partial charge in [-0.05, 0) is 24.4 Å². The van der Waals surface area contributed by atoms with E-state index in [0.29, 0.717) is 18.8 Å². The molecule has 84 valence electrons. The Morgan fingerprint density at radius 3 is 3.07 bits per heavy atom. The van der Waals surface area contributed by atoms with Crippen LogP contribution in [0.3, 0.4) is 0 Å². The van der Waals surface area contributed by atoms with E-state index >= 15 is 0 Å². The Balaban J connectivity index is 1.79. The van der Waals surface area contributed by atoms with Gasteiger partial charge < -0.3 is 5.32 Å². The second-order valence-corrected chi connectivity index (χ2v) is 6.67. The lowest BCUT2D eigenvalue weighted by Gasteiger charge is -2.09. The number of sulfone groups is 1. The van der Waals surface area contributed by atoms with E-state index in [0.717, 1.165) is 18.5 Å². The minimum Gasteiger partial charge on any atom is -0.310 e. The van der Waals surface area contributed by atoms with Crippen molar-refractivity contribution in [2.45, 2.75) is 24.6 Å². The Morgan fingerprint density at radius 2 is 2.47 bits per heavy atom. The Kier molecular flexibility index (Phi) is 3.32. The second-order valence-electron chi connectivity index (χ2n) is 3.66. The second kappa shape index (κ2) is 4.54. The van der Waals surface area contributed by atoms with Gasteiger partial charge in [0, 0.05) is 18.5 Å². The third kappa shape index (κ3) is 2.73. The van der Waals surface area contributed by atoms with Crippen molar-refractivity contribution >= 4 is 21.4 Å². The van der Waals surface area contributed by atoms with Crippen molar-refractivity contribution in [3.8, 4) is 0 Å². The fourth-order valence-electron chi connectivity index (χ4n) is 1.71. The van der Waals surface area contributed by atoms with Gasteiger partial charge in [0.25, 0.3) is 0 Å². The van der Waals surface area contributed by atoms with Crippen LogP contribution in [0.1, 0.15) is 18.5 Å². The highest BCUT2D eigenvalue weighted by Crippen LogP contribution is 2.19. The van der Waals surface area contributed by atoms with Crippen LogP contribution in [0.4, 0.5) is 0 Å². The van der Waals surface area contributed by atoms with Gasteiger partial charge in [0.1, 0.15) is 0 Å². The molecule has 15 heavy (non-hydrogen) atoms. The molecule has 0 aromatic carbocycles. The third-order valence-electron chi connectivity index (χ3n) is 2.55. The van der Waals surface area contributed by atoms with Gasteiger partial charge in [-0.1, -0.05) is 4.49 Å². The molecule has 0 saturated carbocycles. The first-order valence-corrected chi connectivity index (χ1v) is 7.42. The molecule has 2 rings (SSSR count). The Labute approximate surface area is 93.0 Å². The van der Waals surface area contributed by atoms with E-state index in [1.54, 1.807) is 0 Å². The third-order valence-corrected chi connectivity index (χ3v) is 5.38. The van der Waals surface area contributed by atoms with Gasteiger partial charge in [0.2, 0.25) is 0 Å². The molecule has 7 heteroatoms. The van der Waals surface area contributed by atoms with E-state index in [1.807, 2.05) is 5.38 Å². The summed E-state index contributed by atoms with van der Waals surface area (Å²) in [5, 5.41) is 8.64. The first kappa shape index (κ1) is 11.0.